The van der Waals surface area contributed by atoms with Gasteiger partial charge in [0.2, 0.25) is 0 Å². The molecule has 1 aliphatic rings. The van der Waals surface area contributed by atoms with Gasteiger partial charge in [-0.3, -0.25) is 0 Å². The maximum atomic E-state index is 14.3. The Hall–Kier alpha value is -3.15. The second-order valence-corrected chi connectivity index (χ2v) is 6.15. The van der Waals surface area contributed by atoms with Crippen molar-refractivity contribution < 1.29 is 23.5 Å². The fourth-order valence-electron chi connectivity index (χ4n) is 2.91. The number of nitrogens with zero attached hydrogens (tertiary/aromatic N) is 1. The van der Waals surface area contributed by atoms with Gasteiger partial charge in [-0.25, -0.2) is 14.0 Å². The molecular weight excluding hydrogens is 349 g/mol. The first-order valence-corrected chi connectivity index (χ1v) is 8.61. The zero-order chi connectivity index (χ0) is 19.2. The highest BCUT2D eigenvalue weighted by molar-refractivity contribution is 5.89. The first kappa shape index (κ1) is 18.6. The molecule has 0 unspecified atom stereocenters. The molecule has 0 radical (unpaired) electrons. The molecule has 0 aromatic heterocycles. The van der Waals surface area contributed by atoms with Gasteiger partial charge in [0.25, 0.3) is 0 Å². The number of hydrogen-bond acceptors (Lipinski definition) is 4. The van der Waals surface area contributed by atoms with Gasteiger partial charge in [0.15, 0.2) is 0 Å². The standard InChI is InChI=1S/C21H20FNO4/c1-26-20(24)17-7-8-18(19(22)13-17)16-9-11-23(12-10-16)21(25)27-14-15-5-3-2-4-6-15/h2-9,13H,10-12,14H2,1H3. The zero-order valence-corrected chi connectivity index (χ0v) is 15.0. The summed E-state index contributed by atoms with van der Waals surface area (Å²) >= 11 is 0. The summed E-state index contributed by atoms with van der Waals surface area (Å²) in [5.74, 6) is -1.06. The van der Waals surface area contributed by atoms with E-state index in [1.807, 2.05) is 36.4 Å². The molecular formula is C21H20FNO4. The van der Waals surface area contributed by atoms with Crippen molar-refractivity contribution in [2.45, 2.75) is 13.0 Å². The molecule has 2 aromatic rings. The van der Waals surface area contributed by atoms with Crippen LogP contribution in [0.15, 0.2) is 54.6 Å². The van der Waals surface area contributed by atoms with E-state index in [4.69, 9.17) is 4.74 Å². The summed E-state index contributed by atoms with van der Waals surface area (Å²) in [6.07, 6.45) is 1.92. The predicted molar refractivity (Wildman–Crippen MR) is 98.5 cm³/mol. The van der Waals surface area contributed by atoms with E-state index in [1.54, 1.807) is 11.0 Å². The lowest BCUT2D eigenvalue weighted by Crippen LogP contribution is -2.35. The zero-order valence-electron chi connectivity index (χ0n) is 15.0. The third-order valence-corrected chi connectivity index (χ3v) is 4.41. The van der Waals surface area contributed by atoms with Crippen LogP contribution in [0.25, 0.3) is 5.57 Å². The molecule has 0 aliphatic carbocycles. The molecule has 0 N–H and O–H groups in total. The van der Waals surface area contributed by atoms with Crippen molar-refractivity contribution in [3.8, 4) is 0 Å². The fourth-order valence-corrected chi connectivity index (χ4v) is 2.91. The van der Waals surface area contributed by atoms with E-state index in [0.29, 0.717) is 25.1 Å². The van der Waals surface area contributed by atoms with Crippen molar-refractivity contribution >= 4 is 17.6 Å². The largest absolute Gasteiger partial charge is 0.465 e. The van der Waals surface area contributed by atoms with Crippen LogP contribution in [-0.2, 0) is 16.1 Å². The Morgan fingerprint density at radius 3 is 2.56 bits per heavy atom. The lowest BCUT2D eigenvalue weighted by molar-refractivity contribution is 0.0600. The number of ether oxygens (including phenoxy) is 2. The molecule has 0 saturated carbocycles. The van der Waals surface area contributed by atoms with E-state index in [-0.39, 0.29) is 12.2 Å². The number of esters is 1. The molecule has 2 aromatic carbocycles. The van der Waals surface area contributed by atoms with E-state index in [2.05, 4.69) is 4.74 Å². The van der Waals surface area contributed by atoms with Crippen LogP contribution in [0, 0.1) is 5.82 Å². The predicted octanol–water partition coefficient (Wildman–Crippen LogP) is 4.04. The summed E-state index contributed by atoms with van der Waals surface area (Å²) in [6.45, 7) is 1.01. The van der Waals surface area contributed by atoms with Crippen molar-refractivity contribution in [2.75, 3.05) is 20.2 Å². The second-order valence-electron chi connectivity index (χ2n) is 6.15. The van der Waals surface area contributed by atoms with Crippen LogP contribution in [0.1, 0.15) is 27.9 Å². The van der Waals surface area contributed by atoms with Crippen molar-refractivity contribution in [3.05, 3.63) is 77.1 Å². The number of rotatable bonds is 4. The molecule has 0 fully saturated rings. The van der Waals surface area contributed by atoms with Crippen LogP contribution in [0.4, 0.5) is 9.18 Å². The maximum absolute atomic E-state index is 14.3. The van der Waals surface area contributed by atoms with Gasteiger partial charge in [-0.1, -0.05) is 42.5 Å². The molecule has 1 aliphatic heterocycles. The quantitative estimate of drug-likeness (QED) is 0.764. The van der Waals surface area contributed by atoms with E-state index < -0.39 is 17.9 Å². The van der Waals surface area contributed by atoms with E-state index in [1.165, 1.54) is 19.2 Å². The third-order valence-electron chi connectivity index (χ3n) is 4.41. The molecule has 1 amide bonds. The molecule has 0 saturated heterocycles. The van der Waals surface area contributed by atoms with Crippen LogP contribution in [-0.4, -0.2) is 37.2 Å². The molecule has 27 heavy (non-hydrogen) atoms. The molecule has 0 atom stereocenters. The minimum atomic E-state index is -0.578. The average molecular weight is 369 g/mol. The Morgan fingerprint density at radius 1 is 1.15 bits per heavy atom. The molecule has 0 bridgehead atoms. The van der Waals surface area contributed by atoms with Crippen molar-refractivity contribution in [1.29, 1.82) is 0 Å². The normalized spacial score (nSPS) is 13.7. The topological polar surface area (TPSA) is 55.8 Å². The van der Waals surface area contributed by atoms with Crippen LogP contribution >= 0.6 is 0 Å². The monoisotopic (exact) mass is 369 g/mol. The SMILES string of the molecule is COC(=O)c1ccc(C2=CCN(C(=O)OCc3ccccc3)CC2)c(F)c1. The Morgan fingerprint density at radius 2 is 1.93 bits per heavy atom. The number of benzene rings is 2. The third kappa shape index (κ3) is 4.53. The highest BCUT2D eigenvalue weighted by atomic mass is 19.1. The van der Waals surface area contributed by atoms with E-state index >= 15 is 0 Å². The summed E-state index contributed by atoms with van der Waals surface area (Å²) in [7, 11) is 1.25. The van der Waals surface area contributed by atoms with Gasteiger partial charge in [-0.15, -0.1) is 0 Å². The number of carbonyl (C=O) groups is 2. The first-order valence-electron chi connectivity index (χ1n) is 8.61. The van der Waals surface area contributed by atoms with Gasteiger partial charge < -0.3 is 14.4 Å². The summed E-state index contributed by atoms with van der Waals surface area (Å²) in [4.78, 5) is 25.2. The minimum Gasteiger partial charge on any atom is -0.465 e. The Bertz CT molecular complexity index is 864. The van der Waals surface area contributed by atoms with Crippen LogP contribution in [0.3, 0.4) is 0 Å². The fraction of sp³-hybridized carbons (Fsp3) is 0.238. The summed E-state index contributed by atoms with van der Waals surface area (Å²) in [5, 5.41) is 0. The molecule has 3 rings (SSSR count). The molecule has 5 nitrogen and oxygen atoms in total. The summed E-state index contributed by atoms with van der Waals surface area (Å²) < 4.78 is 24.3. The number of halogens is 1. The number of hydrogen-bond donors (Lipinski definition) is 0. The Balaban J connectivity index is 1.61. The Labute approximate surface area is 157 Å². The van der Waals surface area contributed by atoms with Gasteiger partial charge >= 0.3 is 12.1 Å². The van der Waals surface area contributed by atoms with Gasteiger partial charge in [0, 0.05) is 18.7 Å². The molecule has 140 valence electrons. The van der Waals surface area contributed by atoms with Gasteiger partial charge in [0.1, 0.15) is 12.4 Å². The van der Waals surface area contributed by atoms with Gasteiger partial charge in [-0.2, -0.15) is 0 Å². The summed E-state index contributed by atoms with van der Waals surface area (Å²) in [5.41, 5.74) is 2.32. The Kier molecular flexibility index (Phi) is 5.86. The number of carbonyl (C=O) groups excluding carboxylic acids is 2. The van der Waals surface area contributed by atoms with Crippen LogP contribution in [0.5, 0.6) is 0 Å². The van der Waals surface area contributed by atoms with Gasteiger partial charge in [-0.05, 0) is 29.7 Å². The van der Waals surface area contributed by atoms with Crippen molar-refractivity contribution in [1.82, 2.24) is 4.90 Å². The molecule has 6 heteroatoms. The number of amides is 1. The lowest BCUT2D eigenvalue weighted by atomic mass is 9.98. The second kappa shape index (κ2) is 8.49. The van der Waals surface area contributed by atoms with Crippen molar-refractivity contribution in [3.63, 3.8) is 0 Å². The lowest BCUT2D eigenvalue weighted by Gasteiger charge is -2.26. The van der Waals surface area contributed by atoms with E-state index in [0.717, 1.165) is 11.1 Å². The number of methoxy groups -OCH3 is 1. The average Bonchev–Trinajstić information content (AvgIpc) is 2.72. The minimum absolute atomic E-state index is 0.168. The smallest absolute Gasteiger partial charge is 0.410 e. The molecule has 1 heterocycles. The summed E-state index contributed by atoms with van der Waals surface area (Å²) in [6, 6.07) is 13.7. The first-order chi connectivity index (χ1) is 13.1. The molecule has 0 spiro atoms. The highest BCUT2D eigenvalue weighted by Crippen LogP contribution is 2.26. The van der Waals surface area contributed by atoms with Crippen LogP contribution in [0.2, 0.25) is 0 Å². The van der Waals surface area contributed by atoms with Crippen LogP contribution < -0.4 is 0 Å². The highest BCUT2D eigenvalue weighted by Gasteiger charge is 2.21. The van der Waals surface area contributed by atoms with Crippen molar-refractivity contribution in [2.24, 2.45) is 0 Å². The van der Waals surface area contributed by atoms with E-state index in [9.17, 15) is 14.0 Å². The van der Waals surface area contributed by atoms with Gasteiger partial charge in [0.05, 0.1) is 12.7 Å². The maximum Gasteiger partial charge on any atom is 0.410 e.